The molecule has 94 valence electrons. The normalized spacial score (nSPS) is 12.5. The third-order valence-electron chi connectivity index (χ3n) is 2.81. The Kier molecular flexibility index (Phi) is 5.59. The van der Waals surface area contributed by atoms with E-state index in [-0.39, 0.29) is 11.9 Å². The van der Waals surface area contributed by atoms with Crippen molar-refractivity contribution in [2.75, 3.05) is 13.6 Å². The number of hydrazine groups is 1. The Hall–Kier alpha value is -1.46. The molecule has 0 radical (unpaired) electrons. The van der Waals surface area contributed by atoms with Crippen molar-refractivity contribution in [3.63, 3.8) is 0 Å². The Labute approximate surface area is 102 Å². The molecule has 0 aliphatic carbocycles. The number of nitrogens with zero attached hydrogens (tertiary/aromatic N) is 2. The fourth-order valence-electron chi connectivity index (χ4n) is 1.79. The lowest BCUT2D eigenvalue weighted by Crippen LogP contribution is -2.47. The van der Waals surface area contributed by atoms with Gasteiger partial charge >= 0.3 is 0 Å². The first-order valence-corrected chi connectivity index (χ1v) is 5.79. The van der Waals surface area contributed by atoms with Gasteiger partial charge in [-0.25, -0.2) is 5.84 Å². The number of carbonyl (C=O) groups excluding carboxylic acids is 1. The van der Waals surface area contributed by atoms with E-state index in [4.69, 9.17) is 5.84 Å². The zero-order chi connectivity index (χ0) is 12.7. The molecule has 1 aromatic rings. The molecule has 3 N–H and O–H groups in total. The quantitative estimate of drug-likeness (QED) is 0.424. The van der Waals surface area contributed by atoms with Crippen LogP contribution >= 0.6 is 0 Å². The highest BCUT2D eigenvalue weighted by molar-refractivity contribution is 5.80. The average Bonchev–Trinajstić information content (AvgIpc) is 2.38. The predicted molar refractivity (Wildman–Crippen MR) is 67.0 cm³/mol. The first-order chi connectivity index (χ1) is 8.19. The van der Waals surface area contributed by atoms with Crippen LogP contribution in [0.25, 0.3) is 0 Å². The molecule has 1 rings (SSSR count). The molecule has 0 bridgehead atoms. The van der Waals surface area contributed by atoms with Gasteiger partial charge in [0.05, 0.1) is 6.04 Å². The minimum Gasteiger partial charge on any atom is -0.295 e. The van der Waals surface area contributed by atoms with Crippen molar-refractivity contribution >= 4 is 5.91 Å². The largest absolute Gasteiger partial charge is 0.295 e. The van der Waals surface area contributed by atoms with Crippen LogP contribution in [0, 0.1) is 0 Å². The summed E-state index contributed by atoms with van der Waals surface area (Å²) in [5.74, 6) is 5.01. The van der Waals surface area contributed by atoms with Crippen LogP contribution in [0.3, 0.4) is 0 Å². The summed E-state index contributed by atoms with van der Waals surface area (Å²) in [5.41, 5.74) is 3.23. The van der Waals surface area contributed by atoms with Gasteiger partial charge in [0.2, 0.25) is 0 Å². The summed E-state index contributed by atoms with van der Waals surface area (Å²) in [6, 6.07) is 5.66. The van der Waals surface area contributed by atoms with E-state index in [0.29, 0.717) is 0 Å². The Bertz CT molecular complexity index is 342. The first kappa shape index (κ1) is 13.6. The van der Waals surface area contributed by atoms with Crippen molar-refractivity contribution in [2.24, 2.45) is 5.84 Å². The van der Waals surface area contributed by atoms with E-state index in [9.17, 15) is 4.79 Å². The third-order valence-corrected chi connectivity index (χ3v) is 2.81. The molecule has 0 aromatic carbocycles. The van der Waals surface area contributed by atoms with E-state index in [2.05, 4.69) is 10.4 Å². The van der Waals surface area contributed by atoms with E-state index < -0.39 is 0 Å². The van der Waals surface area contributed by atoms with Gasteiger partial charge in [-0.05, 0) is 25.6 Å². The first-order valence-electron chi connectivity index (χ1n) is 5.79. The Morgan fingerprint density at radius 2 is 2.35 bits per heavy atom. The van der Waals surface area contributed by atoms with Crippen LogP contribution in [0.4, 0.5) is 0 Å². The molecular formula is C12H20N4O. The van der Waals surface area contributed by atoms with Crippen molar-refractivity contribution in [3.8, 4) is 0 Å². The summed E-state index contributed by atoms with van der Waals surface area (Å²) < 4.78 is 0. The fraction of sp³-hybridized carbons (Fsp3) is 0.500. The van der Waals surface area contributed by atoms with Crippen molar-refractivity contribution < 1.29 is 4.79 Å². The number of likely N-dealkylation sites (N-methyl/N-ethyl adjacent to an activating group) is 1. The number of carbonyl (C=O) groups is 1. The number of aromatic nitrogens is 1. The zero-order valence-electron chi connectivity index (χ0n) is 10.4. The molecule has 1 amide bonds. The Balaban J connectivity index is 2.48. The summed E-state index contributed by atoms with van der Waals surface area (Å²) in [7, 11) is 1.92. The molecule has 1 aromatic heterocycles. The van der Waals surface area contributed by atoms with Crippen LogP contribution in [0.1, 0.15) is 19.0 Å². The maximum atomic E-state index is 11.5. The molecule has 0 saturated heterocycles. The standard InChI is InChI=1S/C12H20N4O/c1-3-11(12(17)15-13)16(2)9-7-10-6-4-5-8-14-10/h4-6,8,11H,3,7,9,13H2,1-2H3,(H,15,17). The van der Waals surface area contributed by atoms with E-state index in [1.807, 2.05) is 37.1 Å². The van der Waals surface area contributed by atoms with Gasteiger partial charge in [0.25, 0.3) is 5.91 Å². The van der Waals surface area contributed by atoms with Gasteiger partial charge in [0.15, 0.2) is 0 Å². The van der Waals surface area contributed by atoms with Gasteiger partial charge in [-0.15, -0.1) is 0 Å². The molecule has 0 saturated carbocycles. The molecule has 5 nitrogen and oxygen atoms in total. The van der Waals surface area contributed by atoms with Crippen LogP contribution in [0.15, 0.2) is 24.4 Å². The minimum absolute atomic E-state index is 0.143. The summed E-state index contributed by atoms with van der Waals surface area (Å²) >= 11 is 0. The van der Waals surface area contributed by atoms with E-state index in [1.54, 1.807) is 6.20 Å². The second-order valence-corrected chi connectivity index (χ2v) is 3.98. The molecule has 0 fully saturated rings. The minimum atomic E-state index is -0.177. The monoisotopic (exact) mass is 236 g/mol. The van der Waals surface area contributed by atoms with Crippen molar-refractivity contribution in [3.05, 3.63) is 30.1 Å². The molecule has 1 heterocycles. The van der Waals surface area contributed by atoms with Gasteiger partial charge in [0, 0.05) is 24.9 Å². The Morgan fingerprint density at radius 3 is 2.88 bits per heavy atom. The van der Waals surface area contributed by atoms with Gasteiger partial charge in [-0.3, -0.25) is 20.1 Å². The van der Waals surface area contributed by atoms with E-state index in [1.165, 1.54) is 0 Å². The highest BCUT2D eigenvalue weighted by atomic mass is 16.2. The number of pyridine rings is 1. The van der Waals surface area contributed by atoms with Crippen molar-refractivity contribution in [2.45, 2.75) is 25.8 Å². The van der Waals surface area contributed by atoms with Crippen LogP contribution in [0.5, 0.6) is 0 Å². The molecule has 1 atom stereocenters. The average molecular weight is 236 g/mol. The second-order valence-electron chi connectivity index (χ2n) is 3.98. The molecule has 0 aliphatic heterocycles. The third kappa shape index (κ3) is 4.13. The smallest absolute Gasteiger partial charge is 0.251 e. The molecule has 0 spiro atoms. The Morgan fingerprint density at radius 1 is 1.59 bits per heavy atom. The second kappa shape index (κ2) is 6.98. The van der Waals surface area contributed by atoms with Gasteiger partial charge < -0.3 is 0 Å². The number of hydrogen-bond donors (Lipinski definition) is 2. The summed E-state index contributed by atoms with van der Waals surface area (Å²) in [6.07, 6.45) is 3.34. The molecular weight excluding hydrogens is 216 g/mol. The molecule has 17 heavy (non-hydrogen) atoms. The van der Waals surface area contributed by atoms with E-state index in [0.717, 1.165) is 25.1 Å². The van der Waals surface area contributed by atoms with Crippen LogP contribution < -0.4 is 11.3 Å². The number of amides is 1. The number of hydrogen-bond acceptors (Lipinski definition) is 4. The topological polar surface area (TPSA) is 71.2 Å². The lowest BCUT2D eigenvalue weighted by atomic mass is 10.1. The van der Waals surface area contributed by atoms with Gasteiger partial charge in [-0.1, -0.05) is 13.0 Å². The van der Waals surface area contributed by atoms with Crippen molar-refractivity contribution in [1.82, 2.24) is 15.3 Å². The summed E-state index contributed by atoms with van der Waals surface area (Å²) in [5, 5.41) is 0. The van der Waals surface area contributed by atoms with Crippen LogP contribution in [-0.4, -0.2) is 35.4 Å². The number of rotatable bonds is 6. The molecule has 5 heteroatoms. The maximum absolute atomic E-state index is 11.5. The maximum Gasteiger partial charge on any atom is 0.251 e. The van der Waals surface area contributed by atoms with Crippen LogP contribution in [-0.2, 0) is 11.2 Å². The van der Waals surface area contributed by atoms with Crippen molar-refractivity contribution in [1.29, 1.82) is 0 Å². The lowest BCUT2D eigenvalue weighted by Gasteiger charge is -2.25. The van der Waals surface area contributed by atoms with E-state index >= 15 is 0 Å². The SMILES string of the molecule is CCC(C(=O)NN)N(C)CCc1ccccn1. The fourth-order valence-corrected chi connectivity index (χ4v) is 1.79. The highest BCUT2D eigenvalue weighted by Gasteiger charge is 2.19. The van der Waals surface area contributed by atoms with Crippen LogP contribution in [0.2, 0.25) is 0 Å². The summed E-state index contributed by atoms with van der Waals surface area (Å²) in [4.78, 5) is 17.7. The summed E-state index contributed by atoms with van der Waals surface area (Å²) in [6.45, 7) is 2.75. The zero-order valence-corrected chi connectivity index (χ0v) is 10.4. The number of nitrogens with two attached hydrogens (primary N) is 1. The molecule has 1 unspecified atom stereocenters. The lowest BCUT2D eigenvalue weighted by molar-refractivity contribution is -0.126. The van der Waals surface area contributed by atoms with Gasteiger partial charge in [-0.2, -0.15) is 0 Å². The number of nitrogens with one attached hydrogen (secondary N) is 1. The predicted octanol–water partition coefficient (Wildman–Crippen LogP) is 0.324. The molecule has 0 aliphatic rings. The highest BCUT2D eigenvalue weighted by Crippen LogP contribution is 2.04. The van der Waals surface area contributed by atoms with Gasteiger partial charge in [0.1, 0.15) is 0 Å².